The Labute approximate surface area is 116 Å². The largest absolute Gasteiger partial charge is 0.465 e. The van der Waals surface area contributed by atoms with Crippen LogP contribution in [-0.2, 0) is 9.53 Å². The minimum absolute atomic E-state index is 0.0843. The second-order valence-electron chi connectivity index (χ2n) is 5.94. The predicted octanol–water partition coefficient (Wildman–Crippen LogP) is 1.79. The van der Waals surface area contributed by atoms with E-state index in [-0.39, 0.29) is 5.97 Å². The van der Waals surface area contributed by atoms with Gasteiger partial charge in [0.05, 0.1) is 13.2 Å². The van der Waals surface area contributed by atoms with Crippen LogP contribution in [-0.4, -0.2) is 49.7 Å². The summed E-state index contributed by atoms with van der Waals surface area (Å²) in [6.45, 7) is 5.98. The van der Waals surface area contributed by atoms with Crippen LogP contribution in [0.2, 0.25) is 0 Å². The van der Waals surface area contributed by atoms with Crippen molar-refractivity contribution in [1.29, 1.82) is 0 Å². The Balaban J connectivity index is 1.66. The molecule has 0 aromatic heterocycles. The summed E-state index contributed by atoms with van der Waals surface area (Å²) in [5.41, 5.74) is 0. The first-order chi connectivity index (χ1) is 9.28. The van der Waals surface area contributed by atoms with Crippen molar-refractivity contribution < 1.29 is 9.53 Å². The van der Waals surface area contributed by atoms with Crippen molar-refractivity contribution in [2.45, 2.75) is 51.5 Å². The summed E-state index contributed by atoms with van der Waals surface area (Å²) in [5, 5.41) is 3.70. The van der Waals surface area contributed by atoms with Gasteiger partial charge in [0.15, 0.2) is 0 Å². The van der Waals surface area contributed by atoms with Gasteiger partial charge in [-0.2, -0.15) is 0 Å². The molecule has 0 aromatic carbocycles. The highest BCUT2D eigenvalue weighted by Gasteiger charge is 2.23. The standard InChI is InChI=1S/C15H28N2O2/c1-2-19-15(18)12-17-9-5-8-14(11-17)16-10-13-6-3-4-7-13/h13-14,16H,2-12H2,1H3. The molecule has 1 saturated carbocycles. The molecule has 1 N–H and O–H groups in total. The summed E-state index contributed by atoms with van der Waals surface area (Å²) in [4.78, 5) is 13.7. The van der Waals surface area contributed by atoms with Crippen LogP contribution in [0.3, 0.4) is 0 Å². The van der Waals surface area contributed by atoms with Gasteiger partial charge in [0.25, 0.3) is 0 Å². The maximum absolute atomic E-state index is 11.5. The number of piperidine rings is 1. The summed E-state index contributed by atoms with van der Waals surface area (Å²) in [7, 11) is 0. The number of likely N-dealkylation sites (tertiary alicyclic amines) is 1. The molecule has 1 unspecified atom stereocenters. The van der Waals surface area contributed by atoms with Crippen molar-refractivity contribution in [3.8, 4) is 0 Å². The van der Waals surface area contributed by atoms with Crippen molar-refractivity contribution in [3.05, 3.63) is 0 Å². The summed E-state index contributed by atoms with van der Waals surface area (Å²) in [6, 6.07) is 0.559. The van der Waals surface area contributed by atoms with Crippen molar-refractivity contribution >= 4 is 5.97 Å². The van der Waals surface area contributed by atoms with Crippen LogP contribution in [0.4, 0.5) is 0 Å². The molecular weight excluding hydrogens is 240 g/mol. The molecule has 1 aliphatic carbocycles. The Morgan fingerprint density at radius 3 is 2.79 bits per heavy atom. The van der Waals surface area contributed by atoms with Gasteiger partial charge in [0.1, 0.15) is 0 Å². The van der Waals surface area contributed by atoms with Gasteiger partial charge >= 0.3 is 5.97 Å². The van der Waals surface area contributed by atoms with Crippen LogP contribution in [0.15, 0.2) is 0 Å². The Hall–Kier alpha value is -0.610. The minimum atomic E-state index is -0.0843. The second-order valence-corrected chi connectivity index (χ2v) is 5.94. The van der Waals surface area contributed by atoms with E-state index >= 15 is 0 Å². The molecule has 4 nitrogen and oxygen atoms in total. The normalized spacial score (nSPS) is 25.6. The van der Waals surface area contributed by atoms with Crippen molar-refractivity contribution in [3.63, 3.8) is 0 Å². The lowest BCUT2D eigenvalue weighted by Gasteiger charge is -2.33. The van der Waals surface area contributed by atoms with E-state index in [9.17, 15) is 4.79 Å². The van der Waals surface area contributed by atoms with E-state index in [0.29, 0.717) is 19.2 Å². The van der Waals surface area contributed by atoms with E-state index < -0.39 is 0 Å². The highest BCUT2D eigenvalue weighted by Crippen LogP contribution is 2.24. The molecule has 110 valence electrons. The SMILES string of the molecule is CCOC(=O)CN1CCCC(NCC2CCCC2)C1. The van der Waals surface area contributed by atoms with E-state index in [1.165, 1.54) is 38.5 Å². The Kier molecular flexibility index (Phi) is 6.11. The molecule has 19 heavy (non-hydrogen) atoms. The molecule has 1 saturated heterocycles. The molecule has 1 atom stereocenters. The number of nitrogens with zero attached hydrogens (tertiary/aromatic N) is 1. The number of hydrogen-bond acceptors (Lipinski definition) is 4. The lowest BCUT2D eigenvalue weighted by Crippen LogP contribution is -2.48. The molecule has 2 fully saturated rings. The first-order valence-electron chi connectivity index (χ1n) is 7.89. The van der Waals surface area contributed by atoms with E-state index in [4.69, 9.17) is 4.74 Å². The quantitative estimate of drug-likeness (QED) is 0.746. The van der Waals surface area contributed by atoms with Crippen LogP contribution in [0.5, 0.6) is 0 Å². The van der Waals surface area contributed by atoms with Crippen LogP contribution in [0.1, 0.15) is 45.4 Å². The maximum atomic E-state index is 11.5. The number of carbonyl (C=O) groups is 1. The van der Waals surface area contributed by atoms with Crippen molar-refractivity contribution in [2.75, 3.05) is 32.8 Å². The van der Waals surface area contributed by atoms with Gasteiger partial charge in [0, 0.05) is 12.6 Å². The fourth-order valence-electron chi connectivity index (χ4n) is 3.30. The van der Waals surface area contributed by atoms with Crippen LogP contribution in [0, 0.1) is 5.92 Å². The number of hydrogen-bond donors (Lipinski definition) is 1. The van der Waals surface area contributed by atoms with Gasteiger partial charge in [-0.05, 0) is 51.6 Å². The van der Waals surface area contributed by atoms with Gasteiger partial charge in [-0.3, -0.25) is 9.69 Å². The molecule has 0 aromatic rings. The van der Waals surface area contributed by atoms with Gasteiger partial charge < -0.3 is 10.1 Å². The number of rotatable bonds is 6. The van der Waals surface area contributed by atoms with E-state index in [0.717, 1.165) is 25.6 Å². The van der Waals surface area contributed by atoms with Gasteiger partial charge in [-0.25, -0.2) is 0 Å². The maximum Gasteiger partial charge on any atom is 0.320 e. The number of esters is 1. The molecule has 0 bridgehead atoms. The topological polar surface area (TPSA) is 41.6 Å². The fourth-order valence-corrected chi connectivity index (χ4v) is 3.30. The molecule has 1 aliphatic heterocycles. The third kappa shape index (κ3) is 5.11. The van der Waals surface area contributed by atoms with Crippen LogP contribution in [0.25, 0.3) is 0 Å². The van der Waals surface area contributed by atoms with Crippen LogP contribution < -0.4 is 5.32 Å². The summed E-state index contributed by atoms with van der Waals surface area (Å²) < 4.78 is 5.02. The molecular formula is C15H28N2O2. The van der Waals surface area contributed by atoms with Crippen molar-refractivity contribution in [1.82, 2.24) is 10.2 Å². The summed E-state index contributed by atoms with van der Waals surface area (Å²) in [5.74, 6) is 0.805. The average Bonchev–Trinajstić information content (AvgIpc) is 2.90. The third-order valence-electron chi connectivity index (χ3n) is 4.33. The molecule has 0 spiro atoms. The zero-order chi connectivity index (χ0) is 13.5. The Bertz CT molecular complexity index is 277. The van der Waals surface area contributed by atoms with Gasteiger partial charge in [-0.15, -0.1) is 0 Å². The highest BCUT2D eigenvalue weighted by molar-refractivity contribution is 5.71. The predicted molar refractivity (Wildman–Crippen MR) is 76.1 cm³/mol. The number of ether oxygens (including phenoxy) is 1. The van der Waals surface area contributed by atoms with Gasteiger partial charge in [-0.1, -0.05) is 12.8 Å². The summed E-state index contributed by atoms with van der Waals surface area (Å²) >= 11 is 0. The van der Waals surface area contributed by atoms with Crippen molar-refractivity contribution in [2.24, 2.45) is 5.92 Å². The number of carbonyl (C=O) groups excluding carboxylic acids is 1. The number of nitrogens with one attached hydrogen (secondary N) is 1. The molecule has 0 radical (unpaired) electrons. The molecule has 2 rings (SSSR count). The second kappa shape index (κ2) is 7.85. The fraction of sp³-hybridized carbons (Fsp3) is 0.933. The zero-order valence-corrected chi connectivity index (χ0v) is 12.2. The molecule has 2 aliphatic rings. The van der Waals surface area contributed by atoms with E-state index in [1.807, 2.05) is 6.92 Å². The Morgan fingerprint density at radius 1 is 1.26 bits per heavy atom. The lowest BCUT2D eigenvalue weighted by molar-refractivity contribution is -0.144. The summed E-state index contributed by atoms with van der Waals surface area (Å²) in [6.07, 6.45) is 8.03. The molecule has 0 amide bonds. The first kappa shape index (κ1) is 14.8. The molecule has 1 heterocycles. The smallest absolute Gasteiger partial charge is 0.320 e. The van der Waals surface area contributed by atoms with E-state index in [1.54, 1.807) is 0 Å². The average molecular weight is 268 g/mol. The monoisotopic (exact) mass is 268 g/mol. The Morgan fingerprint density at radius 2 is 2.05 bits per heavy atom. The minimum Gasteiger partial charge on any atom is -0.465 e. The molecule has 4 heteroatoms. The van der Waals surface area contributed by atoms with E-state index in [2.05, 4.69) is 10.2 Å². The van der Waals surface area contributed by atoms with Gasteiger partial charge in [0.2, 0.25) is 0 Å². The lowest BCUT2D eigenvalue weighted by atomic mass is 10.0. The third-order valence-corrected chi connectivity index (χ3v) is 4.33. The zero-order valence-electron chi connectivity index (χ0n) is 12.2. The first-order valence-corrected chi connectivity index (χ1v) is 7.89. The highest BCUT2D eigenvalue weighted by atomic mass is 16.5. The van der Waals surface area contributed by atoms with Crippen LogP contribution >= 0.6 is 0 Å².